The third kappa shape index (κ3) is 5.02. The van der Waals surface area contributed by atoms with Gasteiger partial charge in [0, 0.05) is 10.5 Å². The van der Waals surface area contributed by atoms with Crippen LogP contribution >= 0.6 is 28.3 Å². The first-order chi connectivity index (χ1) is 7.54. The summed E-state index contributed by atoms with van der Waals surface area (Å²) in [6.07, 6.45) is 0.0376. The van der Waals surface area contributed by atoms with Gasteiger partial charge in [0.1, 0.15) is 5.82 Å². The molecule has 1 aromatic rings. The summed E-state index contributed by atoms with van der Waals surface area (Å²) in [6, 6.07) is 3.64. The van der Waals surface area contributed by atoms with E-state index in [1.807, 2.05) is 0 Å². The van der Waals surface area contributed by atoms with Gasteiger partial charge in [0.15, 0.2) is 0 Å². The van der Waals surface area contributed by atoms with Crippen molar-refractivity contribution in [3.63, 3.8) is 0 Å². The number of esters is 1. The summed E-state index contributed by atoms with van der Waals surface area (Å²) < 4.78 is 18.5. The van der Waals surface area contributed by atoms with Crippen molar-refractivity contribution in [2.75, 3.05) is 6.61 Å². The third-order valence-corrected chi connectivity index (χ3v) is 2.77. The number of ether oxygens (including phenoxy) is 1. The van der Waals surface area contributed by atoms with E-state index in [1.54, 1.807) is 13.0 Å². The lowest BCUT2D eigenvalue weighted by Gasteiger charge is -2.13. The molecule has 0 bridgehead atoms. The molecule has 2 N–H and O–H groups in total. The number of nitrogens with two attached hydrogens (primary N) is 1. The summed E-state index contributed by atoms with van der Waals surface area (Å²) in [5.74, 6) is -0.760. The van der Waals surface area contributed by atoms with Crippen molar-refractivity contribution in [3.05, 3.63) is 34.1 Å². The Morgan fingerprint density at radius 3 is 2.82 bits per heavy atom. The van der Waals surface area contributed by atoms with Gasteiger partial charge in [0.2, 0.25) is 0 Å². The third-order valence-electron chi connectivity index (χ3n) is 2.05. The molecule has 1 rings (SSSR count). The minimum atomic E-state index is -0.566. The Morgan fingerprint density at radius 2 is 2.24 bits per heavy atom. The van der Waals surface area contributed by atoms with Gasteiger partial charge in [-0.25, -0.2) is 4.39 Å². The zero-order valence-electron chi connectivity index (χ0n) is 9.28. The van der Waals surface area contributed by atoms with Crippen molar-refractivity contribution in [2.45, 2.75) is 19.4 Å². The fourth-order valence-electron chi connectivity index (χ4n) is 1.31. The van der Waals surface area contributed by atoms with Crippen LogP contribution < -0.4 is 5.73 Å². The quantitative estimate of drug-likeness (QED) is 0.866. The zero-order chi connectivity index (χ0) is 12.1. The normalized spacial score (nSPS) is 11.5. The predicted molar refractivity (Wildman–Crippen MR) is 69.5 cm³/mol. The van der Waals surface area contributed by atoms with E-state index in [2.05, 4.69) is 15.9 Å². The van der Waals surface area contributed by atoms with Gasteiger partial charge in [-0.3, -0.25) is 4.79 Å². The van der Waals surface area contributed by atoms with Crippen molar-refractivity contribution in [1.29, 1.82) is 0 Å². The number of hydrogen-bond acceptors (Lipinski definition) is 3. The van der Waals surface area contributed by atoms with Crippen LogP contribution in [0.2, 0.25) is 0 Å². The molecule has 0 radical (unpaired) electrons. The summed E-state index contributed by atoms with van der Waals surface area (Å²) in [6.45, 7) is 2.04. The number of hydrogen-bond donors (Lipinski definition) is 1. The van der Waals surface area contributed by atoms with Gasteiger partial charge in [-0.15, -0.1) is 12.4 Å². The van der Waals surface area contributed by atoms with Crippen LogP contribution in [0.3, 0.4) is 0 Å². The Balaban J connectivity index is 0.00000256. The van der Waals surface area contributed by atoms with Gasteiger partial charge >= 0.3 is 5.97 Å². The molecule has 0 amide bonds. The molecular formula is C11H14BrClFNO2. The van der Waals surface area contributed by atoms with E-state index in [0.29, 0.717) is 16.6 Å². The molecule has 0 unspecified atom stereocenters. The molecule has 6 heteroatoms. The van der Waals surface area contributed by atoms with E-state index >= 15 is 0 Å². The standard InChI is InChI=1S/C11H13BrFNO2.ClH/c1-2-16-11(15)6-10(14)8-5-7(13)3-4-9(8)12;/h3-5,10H,2,6,14H2,1H3;1H/t10-;/m1./s1. The van der Waals surface area contributed by atoms with Gasteiger partial charge < -0.3 is 10.5 Å². The van der Waals surface area contributed by atoms with Crippen molar-refractivity contribution in [2.24, 2.45) is 5.73 Å². The van der Waals surface area contributed by atoms with Crippen molar-refractivity contribution < 1.29 is 13.9 Å². The van der Waals surface area contributed by atoms with E-state index < -0.39 is 6.04 Å². The largest absolute Gasteiger partial charge is 0.466 e. The topological polar surface area (TPSA) is 52.3 Å². The molecule has 0 fully saturated rings. The van der Waals surface area contributed by atoms with Crippen LogP contribution in [0.25, 0.3) is 0 Å². The number of rotatable bonds is 4. The SMILES string of the molecule is CCOC(=O)C[C@@H](N)c1cc(F)ccc1Br.Cl. The molecule has 1 aromatic carbocycles. The van der Waals surface area contributed by atoms with Gasteiger partial charge in [0.05, 0.1) is 13.0 Å². The monoisotopic (exact) mass is 325 g/mol. The smallest absolute Gasteiger partial charge is 0.307 e. The zero-order valence-corrected chi connectivity index (χ0v) is 11.7. The summed E-state index contributed by atoms with van der Waals surface area (Å²) in [7, 11) is 0. The minimum absolute atomic E-state index is 0. The van der Waals surface area contributed by atoms with Crippen LogP contribution in [-0.4, -0.2) is 12.6 Å². The lowest BCUT2D eigenvalue weighted by molar-refractivity contribution is -0.143. The maximum Gasteiger partial charge on any atom is 0.307 e. The highest BCUT2D eigenvalue weighted by atomic mass is 79.9. The Bertz CT molecular complexity index is 390. The van der Waals surface area contributed by atoms with Gasteiger partial charge in [-0.2, -0.15) is 0 Å². The van der Waals surface area contributed by atoms with E-state index in [-0.39, 0.29) is 30.6 Å². The molecule has 0 aliphatic carbocycles. The first-order valence-corrected chi connectivity index (χ1v) is 5.70. The predicted octanol–water partition coefficient (Wildman–Crippen LogP) is 2.96. The number of halogens is 3. The molecule has 1 atom stereocenters. The molecular weight excluding hydrogens is 312 g/mol. The molecule has 0 aromatic heterocycles. The number of carbonyl (C=O) groups excluding carboxylic acids is 1. The van der Waals surface area contributed by atoms with E-state index in [9.17, 15) is 9.18 Å². The van der Waals surface area contributed by atoms with Gasteiger partial charge in [-0.1, -0.05) is 15.9 Å². The fraction of sp³-hybridized carbons (Fsp3) is 0.364. The second-order valence-electron chi connectivity index (χ2n) is 3.28. The van der Waals surface area contributed by atoms with Crippen molar-refractivity contribution in [3.8, 4) is 0 Å². The Morgan fingerprint density at radius 1 is 1.59 bits per heavy atom. The van der Waals surface area contributed by atoms with E-state index in [4.69, 9.17) is 10.5 Å². The van der Waals surface area contributed by atoms with Crippen LogP contribution in [0.4, 0.5) is 4.39 Å². The maximum absolute atomic E-state index is 13.0. The maximum atomic E-state index is 13.0. The highest BCUT2D eigenvalue weighted by molar-refractivity contribution is 9.10. The Labute approximate surface area is 114 Å². The molecule has 17 heavy (non-hydrogen) atoms. The van der Waals surface area contributed by atoms with Crippen LogP contribution in [0.5, 0.6) is 0 Å². The van der Waals surface area contributed by atoms with E-state index in [0.717, 1.165) is 0 Å². The molecule has 0 spiro atoms. The van der Waals surface area contributed by atoms with E-state index in [1.165, 1.54) is 12.1 Å². The number of carbonyl (C=O) groups is 1. The summed E-state index contributed by atoms with van der Waals surface area (Å²) in [5.41, 5.74) is 6.36. The second kappa shape index (κ2) is 7.63. The summed E-state index contributed by atoms with van der Waals surface area (Å²) in [5, 5.41) is 0. The van der Waals surface area contributed by atoms with Gasteiger partial charge in [-0.05, 0) is 30.7 Å². The highest BCUT2D eigenvalue weighted by Gasteiger charge is 2.15. The average Bonchev–Trinajstić information content (AvgIpc) is 2.21. The van der Waals surface area contributed by atoms with Crippen LogP contribution in [0.1, 0.15) is 24.9 Å². The van der Waals surface area contributed by atoms with Crippen molar-refractivity contribution in [1.82, 2.24) is 0 Å². The number of benzene rings is 1. The fourth-order valence-corrected chi connectivity index (χ4v) is 1.85. The van der Waals surface area contributed by atoms with Gasteiger partial charge in [0.25, 0.3) is 0 Å². The first kappa shape index (κ1) is 16.4. The van der Waals surface area contributed by atoms with Crippen LogP contribution in [0, 0.1) is 5.82 Å². The Hall–Kier alpha value is -0.650. The molecule has 0 heterocycles. The first-order valence-electron chi connectivity index (χ1n) is 4.90. The average molecular weight is 327 g/mol. The highest BCUT2D eigenvalue weighted by Crippen LogP contribution is 2.25. The van der Waals surface area contributed by atoms with Crippen LogP contribution in [0.15, 0.2) is 22.7 Å². The lowest BCUT2D eigenvalue weighted by atomic mass is 10.0. The van der Waals surface area contributed by atoms with Crippen molar-refractivity contribution >= 4 is 34.3 Å². The molecule has 0 saturated heterocycles. The second-order valence-corrected chi connectivity index (χ2v) is 4.14. The molecule has 0 aliphatic heterocycles. The molecule has 0 saturated carbocycles. The Kier molecular flexibility index (Phi) is 7.34. The molecule has 0 aliphatic rings. The summed E-state index contributed by atoms with van der Waals surface area (Å²) in [4.78, 5) is 11.2. The van der Waals surface area contributed by atoms with Crippen LogP contribution in [-0.2, 0) is 9.53 Å². The molecule has 96 valence electrons. The lowest BCUT2D eigenvalue weighted by Crippen LogP contribution is -2.17. The minimum Gasteiger partial charge on any atom is -0.466 e. The molecule has 3 nitrogen and oxygen atoms in total. The summed E-state index contributed by atoms with van der Waals surface area (Å²) >= 11 is 3.26.